The van der Waals surface area contributed by atoms with E-state index < -0.39 is 0 Å². The van der Waals surface area contributed by atoms with Crippen LogP contribution in [0.15, 0.2) is 36.9 Å². The number of halogens is 2. The summed E-state index contributed by atoms with van der Waals surface area (Å²) in [6.07, 6.45) is 3.34. The van der Waals surface area contributed by atoms with Gasteiger partial charge in [-0.3, -0.25) is 9.58 Å². The third-order valence-electron chi connectivity index (χ3n) is 3.94. The Morgan fingerprint density at radius 2 is 2.09 bits per heavy atom. The lowest BCUT2D eigenvalue weighted by Gasteiger charge is -2.37. The summed E-state index contributed by atoms with van der Waals surface area (Å²) in [5.41, 5.74) is 1.24. The number of hydrogen-bond donors (Lipinski definition) is 1. The average Bonchev–Trinajstić information content (AvgIpc) is 3.06. The molecule has 0 radical (unpaired) electrons. The first kappa shape index (κ1) is 19.7. The van der Waals surface area contributed by atoms with Gasteiger partial charge in [-0.15, -0.1) is 24.8 Å². The van der Waals surface area contributed by atoms with Crippen LogP contribution in [-0.2, 0) is 6.54 Å². The molecule has 0 bridgehead atoms. The predicted octanol–water partition coefficient (Wildman–Crippen LogP) is 1.78. The van der Waals surface area contributed by atoms with Crippen LogP contribution >= 0.6 is 24.8 Å². The van der Waals surface area contributed by atoms with Crippen molar-refractivity contribution in [3.63, 3.8) is 0 Å². The smallest absolute Gasteiger partial charge is 0.137 e. The number of benzene rings is 1. The zero-order valence-corrected chi connectivity index (χ0v) is 14.7. The Bertz CT molecular complexity index is 567. The summed E-state index contributed by atoms with van der Waals surface area (Å²) < 4.78 is 7.39. The molecule has 0 saturated carbocycles. The van der Waals surface area contributed by atoms with Gasteiger partial charge in [0, 0.05) is 31.7 Å². The molecule has 0 aliphatic carbocycles. The molecule has 128 valence electrons. The van der Waals surface area contributed by atoms with Crippen LogP contribution in [0, 0.1) is 0 Å². The van der Waals surface area contributed by atoms with Crippen LogP contribution in [-0.4, -0.2) is 53.0 Å². The third-order valence-corrected chi connectivity index (χ3v) is 3.94. The van der Waals surface area contributed by atoms with Crippen molar-refractivity contribution < 1.29 is 4.74 Å². The van der Waals surface area contributed by atoms with E-state index in [4.69, 9.17) is 4.74 Å². The predicted molar refractivity (Wildman–Crippen MR) is 94.7 cm³/mol. The molecule has 6 nitrogen and oxygen atoms in total. The van der Waals surface area contributed by atoms with Gasteiger partial charge in [-0.25, -0.2) is 4.98 Å². The normalized spacial score (nSPS) is 17.9. The van der Waals surface area contributed by atoms with Crippen LogP contribution in [0.1, 0.15) is 11.6 Å². The number of hydrogen-bond acceptors (Lipinski definition) is 5. The number of nitrogens with one attached hydrogen (secondary N) is 1. The molecule has 0 spiro atoms. The monoisotopic (exact) mass is 359 g/mol. The van der Waals surface area contributed by atoms with Crippen LogP contribution < -0.4 is 10.1 Å². The Balaban J connectivity index is 0.00000132. The van der Waals surface area contributed by atoms with E-state index in [2.05, 4.69) is 32.4 Å². The van der Waals surface area contributed by atoms with E-state index in [1.54, 1.807) is 19.8 Å². The van der Waals surface area contributed by atoms with E-state index >= 15 is 0 Å². The second-order valence-electron chi connectivity index (χ2n) is 5.16. The fraction of sp³-hybridized carbons (Fsp3) is 0.467. The zero-order valence-electron chi connectivity index (χ0n) is 13.1. The number of aromatic nitrogens is 3. The lowest BCUT2D eigenvalue weighted by Crippen LogP contribution is -2.47. The molecular weight excluding hydrogens is 337 g/mol. The molecule has 1 unspecified atom stereocenters. The van der Waals surface area contributed by atoms with Crippen LogP contribution in [0.5, 0.6) is 5.75 Å². The second-order valence-corrected chi connectivity index (χ2v) is 5.16. The summed E-state index contributed by atoms with van der Waals surface area (Å²) in [5.74, 6) is 0.956. The minimum absolute atomic E-state index is 0. The van der Waals surface area contributed by atoms with Gasteiger partial charge in [-0.05, 0) is 6.07 Å². The molecule has 3 rings (SSSR count). The highest BCUT2D eigenvalue weighted by Crippen LogP contribution is 2.29. The summed E-state index contributed by atoms with van der Waals surface area (Å²) in [7, 11) is 1.73. The molecule has 23 heavy (non-hydrogen) atoms. The molecule has 1 fully saturated rings. The fourth-order valence-corrected chi connectivity index (χ4v) is 2.84. The van der Waals surface area contributed by atoms with Crippen molar-refractivity contribution in [2.24, 2.45) is 0 Å². The van der Waals surface area contributed by atoms with E-state index in [-0.39, 0.29) is 24.8 Å². The molecule has 1 aromatic carbocycles. The van der Waals surface area contributed by atoms with Gasteiger partial charge in [0.15, 0.2) is 0 Å². The molecule has 2 aromatic rings. The average molecular weight is 360 g/mol. The maximum Gasteiger partial charge on any atom is 0.137 e. The summed E-state index contributed by atoms with van der Waals surface area (Å²) >= 11 is 0. The minimum Gasteiger partial charge on any atom is -0.496 e. The van der Waals surface area contributed by atoms with Gasteiger partial charge in [0.25, 0.3) is 0 Å². The van der Waals surface area contributed by atoms with Crippen molar-refractivity contribution in [3.8, 4) is 5.75 Å². The standard InChI is InChI=1S/C15H21N5O.2ClH/c1-21-15-5-3-2-4-13(15)14-10-16-6-7-19(14)8-9-20-12-17-11-18-20;;/h2-5,11-12,14,16H,6-10H2,1H3;2*1H. The molecule has 0 amide bonds. The topological polar surface area (TPSA) is 55.2 Å². The minimum atomic E-state index is 0. The number of ether oxygens (including phenoxy) is 1. The number of nitrogens with zero attached hydrogens (tertiary/aromatic N) is 4. The Hall–Kier alpha value is -1.34. The van der Waals surface area contributed by atoms with Crippen molar-refractivity contribution in [3.05, 3.63) is 42.5 Å². The summed E-state index contributed by atoms with van der Waals surface area (Å²) in [6, 6.07) is 8.59. The second kappa shape index (κ2) is 9.72. The number of rotatable bonds is 5. The maximum absolute atomic E-state index is 5.52. The number of piperazine rings is 1. The van der Waals surface area contributed by atoms with E-state index in [9.17, 15) is 0 Å². The molecule has 1 atom stereocenters. The number of methoxy groups -OCH3 is 1. The largest absolute Gasteiger partial charge is 0.496 e. The molecule has 1 N–H and O–H groups in total. The molecular formula is C15H23Cl2N5O. The quantitative estimate of drug-likeness (QED) is 0.881. The number of para-hydroxylation sites is 1. The Kier molecular flexibility index (Phi) is 8.33. The summed E-state index contributed by atoms with van der Waals surface area (Å²) in [4.78, 5) is 6.47. The SMILES string of the molecule is COc1ccccc1C1CNCCN1CCn1cncn1.Cl.Cl. The van der Waals surface area contributed by atoms with Crippen molar-refractivity contribution in [2.45, 2.75) is 12.6 Å². The van der Waals surface area contributed by atoms with Crippen molar-refractivity contribution in [2.75, 3.05) is 33.3 Å². The van der Waals surface area contributed by atoms with E-state index in [0.717, 1.165) is 38.5 Å². The van der Waals surface area contributed by atoms with Crippen LogP contribution in [0.25, 0.3) is 0 Å². The van der Waals surface area contributed by atoms with Crippen LogP contribution in [0.2, 0.25) is 0 Å². The Morgan fingerprint density at radius 1 is 1.26 bits per heavy atom. The van der Waals surface area contributed by atoms with Crippen LogP contribution in [0.3, 0.4) is 0 Å². The van der Waals surface area contributed by atoms with Gasteiger partial charge in [-0.2, -0.15) is 5.10 Å². The fourth-order valence-electron chi connectivity index (χ4n) is 2.84. The zero-order chi connectivity index (χ0) is 14.5. The first-order valence-corrected chi connectivity index (χ1v) is 7.28. The molecule has 1 aromatic heterocycles. The van der Waals surface area contributed by atoms with Crippen molar-refractivity contribution in [1.29, 1.82) is 0 Å². The summed E-state index contributed by atoms with van der Waals surface area (Å²) in [5, 5.41) is 7.65. The summed E-state index contributed by atoms with van der Waals surface area (Å²) in [6.45, 7) is 4.79. The first-order valence-electron chi connectivity index (χ1n) is 7.28. The third kappa shape index (κ3) is 4.81. The van der Waals surface area contributed by atoms with Gasteiger partial charge < -0.3 is 10.1 Å². The van der Waals surface area contributed by atoms with Crippen molar-refractivity contribution >= 4 is 24.8 Å². The Morgan fingerprint density at radius 3 is 2.83 bits per heavy atom. The highest BCUT2D eigenvalue weighted by Gasteiger charge is 2.25. The van der Waals surface area contributed by atoms with Gasteiger partial charge in [0.05, 0.1) is 19.7 Å². The van der Waals surface area contributed by atoms with Gasteiger partial charge in [0.1, 0.15) is 18.4 Å². The maximum atomic E-state index is 5.52. The molecule has 2 heterocycles. The van der Waals surface area contributed by atoms with Gasteiger partial charge >= 0.3 is 0 Å². The lowest BCUT2D eigenvalue weighted by atomic mass is 10.0. The first-order chi connectivity index (χ1) is 10.4. The van der Waals surface area contributed by atoms with E-state index in [1.165, 1.54) is 5.56 Å². The Labute approximate surface area is 149 Å². The molecule has 1 aliphatic heterocycles. The molecule has 1 aliphatic rings. The highest BCUT2D eigenvalue weighted by molar-refractivity contribution is 5.85. The van der Waals surface area contributed by atoms with Gasteiger partial charge in [-0.1, -0.05) is 18.2 Å². The van der Waals surface area contributed by atoms with Crippen molar-refractivity contribution in [1.82, 2.24) is 25.0 Å². The van der Waals surface area contributed by atoms with E-state index in [1.807, 2.05) is 16.8 Å². The van der Waals surface area contributed by atoms with Crippen LogP contribution in [0.4, 0.5) is 0 Å². The molecule has 1 saturated heterocycles. The highest BCUT2D eigenvalue weighted by atomic mass is 35.5. The van der Waals surface area contributed by atoms with E-state index in [0.29, 0.717) is 6.04 Å². The van der Waals surface area contributed by atoms with Gasteiger partial charge in [0.2, 0.25) is 0 Å². The lowest BCUT2D eigenvalue weighted by molar-refractivity contribution is 0.151. The molecule has 8 heteroatoms.